The third-order valence-electron chi connectivity index (χ3n) is 3.37. The van der Waals surface area contributed by atoms with E-state index < -0.39 is 5.91 Å². The van der Waals surface area contributed by atoms with E-state index in [-0.39, 0.29) is 18.2 Å². The fraction of sp³-hybridized carbons (Fsp3) is 0.167. The minimum absolute atomic E-state index is 0.0735. The Hall–Kier alpha value is -3.35. The van der Waals surface area contributed by atoms with Crippen LogP contribution in [0.4, 0.5) is 0 Å². The Balaban J connectivity index is 1.84. The Morgan fingerprint density at radius 3 is 2.60 bits per heavy atom. The van der Waals surface area contributed by atoms with Crippen LogP contribution in [0.5, 0.6) is 11.5 Å². The molecule has 7 heteroatoms. The molecule has 0 aliphatic heterocycles. The summed E-state index contributed by atoms with van der Waals surface area (Å²) in [6.45, 7) is 1.71. The van der Waals surface area contributed by atoms with Crippen molar-refractivity contribution in [3.05, 3.63) is 59.2 Å². The van der Waals surface area contributed by atoms with Gasteiger partial charge in [0.05, 0.1) is 19.9 Å². The number of rotatable bonds is 6. The average molecular weight is 341 g/mol. The Kier molecular flexibility index (Phi) is 6.11. The van der Waals surface area contributed by atoms with Crippen molar-refractivity contribution in [1.29, 1.82) is 0 Å². The summed E-state index contributed by atoms with van der Waals surface area (Å²) in [7, 11) is 1.44. The van der Waals surface area contributed by atoms with Crippen molar-refractivity contribution in [2.75, 3.05) is 13.7 Å². The number of carbonyl (C=O) groups is 2. The number of phenolic OH excluding ortho intramolecular Hbond substituents is 1. The van der Waals surface area contributed by atoms with E-state index >= 15 is 0 Å². The summed E-state index contributed by atoms with van der Waals surface area (Å²) >= 11 is 0. The number of carbonyl (C=O) groups excluding carboxylic acids is 2. The molecule has 2 aromatic carbocycles. The second-order valence-corrected chi connectivity index (χ2v) is 5.24. The van der Waals surface area contributed by atoms with Crippen LogP contribution < -0.4 is 15.5 Å². The van der Waals surface area contributed by atoms with E-state index in [1.54, 1.807) is 30.3 Å². The summed E-state index contributed by atoms with van der Waals surface area (Å²) in [5, 5.41) is 16.1. The van der Waals surface area contributed by atoms with Crippen LogP contribution in [0.2, 0.25) is 0 Å². The topological polar surface area (TPSA) is 100 Å². The lowest BCUT2D eigenvalue weighted by atomic mass is 10.1. The molecule has 0 aromatic heterocycles. The number of ether oxygens (including phenoxy) is 1. The number of aromatic hydroxyl groups is 1. The van der Waals surface area contributed by atoms with Gasteiger partial charge in [0, 0.05) is 11.1 Å². The first-order valence-corrected chi connectivity index (χ1v) is 7.54. The zero-order valence-corrected chi connectivity index (χ0v) is 13.9. The minimum atomic E-state index is -0.487. The molecule has 0 saturated carbocycles. The molecule has 7 nitrogen and oxygen atoms in total. The van der Waals surface area contributed by atoms with E-state index in [0.717, 1.165) is 5.56 Å². The number of phenols is 1. The molecule has 2 rings (SSSR count). The number of hydrogen-bond acceptors (Lipinski definition) is 5. The van der Waals surface area contributed by atoms with Crippen LogP contribution in [0.15, 0.2) is 47.6 Å². The Morgan fingerprint density at radius 2 is 1.92 bits per heavy atom. The molecule has 2 amide bonds. The molecule has 0 unspecified atom stereocenters. The molecule has 3 N–H and O–H groups in total. The van der Waals surface area contributed by atoms with Crippen LogP contribution in [-0.2, 0) is 4.79 Å². The van der Waals surface area contributed by atoms with Gasteiger partial charge in [-0.2, -0.15) is 5.10 Å². The zero-order chi connectivity index (χ0) is 18.2. The van der Waals surface area contributed by atoms with Gasteiger partial charge in [-0.25, -0.2) is 5.43 Å². The highest BCUT2D eigenvalue weighted by Gasteiger charge is 2.08. The molecule has 0 spiro atoms. The maximum atomic E-state index is 11.9. The van der Waals surface area contributed by atoms with Crippen molar-refractivity contribution in [3.8, 4) is 11.5 Å². The van der Waals surface area contributed by atoms with Crippen molar-refractivity contribution in [1.82, 2.24) is 10.7 Å². The maximum absolute atomic E-state index is 11.9. The summed E-state index contributed by atoms with van der Waals surface area (Å²) in [5.74, 6) is -0.597. The summed E-state index contributed by atoms with van der Waals surface area (Å²) in [6.07, 6.45) is 1.29. The van der Waals surface area contributed by atoms with Crippen molar-refractivity contribution in [3.63, 3.8) is 0 Å². The normalized spacial score (nSPS) is 10.5. The number of hydrogen-bond donors (Lipinski definition) is 3. The highest BCUT2D eigenvalue weighted by molar-refractivity contribution is 5.96. The van der Waals surface area contributed by atoms with Crippen molar-refractivity contribution >= 4 is 18.0 Å². The molecular weight excluding hydrogens is 322 g/mol. The van der Waals surface area contributed by atoms with E-state index in [1.165, 1.54) is 13.3 Å². The quantitative estimate of drug-likeness (QED) is 0.549. The predicted molar refractivity (Wildman–Crippen MR) is 93.9 cm³/mol. The standard InChI is InChI=1S/C18H19N3O4/c1-12-6-8-13(9-7-12)18(24)19-11-16(22)21-20-10-14-4-3-5-15(25-2)17(14)23/h3-10,23H,11H2,1-2H3,(H,19,24)(H,21,22)/b20-10-. The number of benzene rings is 2. The molecule has 0 aliphatic carbocycles. The van der Waals surface area contributed by atoms with Crippen LogP contribution in [0, 0.1) is 6.92 Å². The smallest absolute Gasteiger partial charge is 0.259 e. The highest BCUT2D eigenvalue weighted by Crippen LogP contribution is 2.27. The molecular formula is C18H19N3O4. The monoisotopic (exact) mass is 341 g/mol. The van der Waals surface area contributed by atoms with E-state index in [9.17, 15) is 14.7 Å². The minimum Gasteiger partial charge on any atom is -0.504 e. The number of para-hydroxylation sites is 1. The van der Waals surface area contributed by atoms with Crippen LogP contribution >= 0.6 is 0 Å². The highest BCUT2D eigenvalue weighted by atomic mass is 16.5. The molecule has 0 atom stereocenters. The largest absolute Gasteiger partial charge is 0.504 e. The summed E-state index contributed by atoms with van der Waals surface area (Å²) in [5.41, 5.74) is 4.19. The molecule has 0 radical (unpaired) electrons. The zero-order valence-electron chi connectivity index (χ0n) is 13.9. The maximum Gasteiger partial charge on any atom is 0.259 e. The van der Waals surface area contributed by atoms with E-state index in [2.05, 4.69) is 15.8 Å². The number of amides is 2. The molecule has 0 aliphatic rings. The molecule has 0 heterocycles. The van der Waals surface area contributed by atoms with E-state index in [4.69, 9.17) is 4.74 Å². The van der Waals surface area contributed by atoms with Gasteiger partial charge >= 0.3 is 0 Å². The second kappa shape index (κ2) is 8.49. The number of hydrazone groups is 1. The Labute approximate surface area is 145 Å². The molecule has 130 valence electrons. The van der Waals surface area contributed by atoms with Gasteiger partial charge in [-0.3, -0.25) is 9.59 Å². The fourth-order valence-corrected chi connectivity index (χ4v) is 1.99. The van der Waals surface area contributed by atoms with Crippen LogP contribution in [0.3, 0.4) is 0 Å². The van der Waals surface area contributed by atoms with Crippen molar-refractivity contribution in [2.45, 2.75) is 6.92 Å². The lowest BCUT2D eigenvalue weighted by molar-refractivity contribution is -0.120. The molecule has 0 saturated heterocycles. The lowest BCUT2D eigenvalue weighted by Crippen LogP contribution is -2.34. The van der Waals surface area contributed by atoms with Gasteiger partial charge < -0.3 is 15.2 Å². The lowest BCUT2D eigenvalue weighted by Gasteiger charge is -2.06. The molecule has 2 aromatic rings. The molecule has 0 bridgehead atoms. The third-order valence-corrected chi connectivity index (χ3v) is 3.37. The predicted octanol–water partition coefficient (Wildman–Crippen LogP) is 1.59. The van der Waals surface area contributed by atoms with Gasteiger partial charge in [-0.15, -0.1) is 0 Å². The first-order valence-electron chi connectivity index (χ1n) is 7.54. The third kappa shape index (κ3) is 5.07. The number of nitrogens with zero attached hydrogens (tertiary/aromatic N) is 1. The van der Waals surface area contributed by atoms with Gasteiger partial charge in [0.25, 0.3) is 11.8 Å². The fourth-order valence-electron chi connectivity index (χ4n) is 1.99. The molecule has 0 fully saturated rings. The number of nitrogens with one attached hydrogen (secondary N) is 2. The van der Waals surface area contributed by atoms with E-state index in [0.29, 0.717) is 16.9 Å². The Morgan fingerprint density at radius 1 is 1.20 bits per heavy atom. The Bertz CT molecular complexity index is 785. The van der Waals surface area contributed by atoms with Gasteiger partial charge in [-0.1, -0.05) is 23.8 Å². The van der Waals surface area contributed by atoms with Crippen LogP contribution in [-0.4, -0.2) is 36.8 Å². The SMILES string of the molecule is COc1cccc(/C=N\NC(=O)CNC(=O)c2ccc(C)cc2)c1O. The molecule has 25 heavy (non-hydrogen) atoms. The van der Waals surface area contributed by atoms with E-state index in [1.807, 2.05) is 19.1 Å². The van der Waals surface area contributed by atoms with Crippen molar-refractivity contribution in [2.24, 2.45) is 5.10 Å². The summed E-state index contributed by atoms with van der Waals surface area (Å²) in [6, 6.07) is 11.9. The first kappa shape index (κ1) is 18.0. The van der Waals surface area contributed by atoms with Gasteiger partial charge in [0.1, 0.15) is 0 Å². The summed E-state index contributed by atoms with van der Waals surface area (Å²) < 4.78 is 4.98. The van der Waals surface area contributed by atoms with Gasteiger partial charge in [0.2, 0.25) is 0 Å². The average Bonchev–Trinajstić information content (AvgIpc) is 2.61. The van der Waals surface area contributed by atoms with Gasteiger partial charge in [-0.05, 0) is 31.2 Å². The van der Waals surface area contributed by atoms with Crippen molar-refractivity contribution < 1.29 is 19.4 Å². The second-order valence-electron chi connectivity index (χ2n) is 5.24. The van der Waals surface area contributed by atoms with Gasteiger partial charge in [0.15, 0.2) is 11.5 Å². The number of methoxy groups -OCH3 is 1. The summed E-state index contributed by atoms with van der Waals surface area (Å²) in [4.78, 5) is 23.6. The first-order chi connectivity index (χ1) is 12.0. The van der Waals surface area contributed by atoms with Crippen LogP contribution in [0.25, 0.3) is 0 Å². The van der Waals surface area contributed by atoms with Crippen LogP contribution in [0.1, 0.15) is 21.5 Å². The number of aryl methyl sites for hydroxylation is 1.